The van der Waals surface area contributed by atoms with Crippen LogP contribution in [0.15, 0.2) is 41.3 Å². The number of thiophene rings is 1. The van der Waals surface area contributed by atoms with Crippen LogP contribution in [0.2, 0.25) is 0 Å². The Bertz CT molecular complexity index is 1070. The number of likely N-dealkylation sites (tertiary alicyclic amines) is 1. The average molecular weight is 469 g/mol. The highest BCUT2D eigenvalue weighted by Gasteiger charge is 2.46. The Morgan fingerprint density at radius 3 is 2.76 bits per heavy atom. The lowest BCUT2D eigenvalue weighted by molar-refractivity contribution is -0.140. The van der Waals surface area contributed by atoms with Crippen LogP contribution in [0, 0.1) is 0 Å². The van der Waals surface area contributed by atoms with Gasteiger partial charge in [0.05, 0.1) is 24.8 Å². The lowest BCUT2D eigenvalue weighted by Crippen LogP contribution is -2.38. The molecule has 1 aromatic heterocycles. The van der Waals surface area contributed by atoms with Crippen molar-refractivity contribution in [2.45, 2.75) is 31.9 Å². The number of hydrogen-bond donors (Lipinski definition) is 1. The molecule has 0 spiro atoms. The van der Waals surface area contributed by atoms with Crippen molar-refractivity contribution in [2.24, 2.45) is 0 Å². The third kappa shape index (κ3) is 4.30. The van der Waals surface area contributed by atoms with E-state index in [1.165, 1.54) is 11.3 Å². The Morgan fingerprint density at radius 1 is 1.18 bits per heavy atom. The van der Waals surface area contributed by atoms with Crippen LogP contribution >= 0.6 is 11.3 Å². The van der Waals surface area contributed by atoms with E-state index in [1.807, 2.05) is 36.6 Å². The molecule has 3 aliphatic rings. The molecular formula is C25H28N2O5S. The van der Waals surface area contributed by atoms with E-state index in [0.717, 1.165) is 61.9 Å². The zero-order chi connectivity index (χ0) is 22.9. The molecule has 1 N–H and O–H groups in total. The molecule has 0 aliphatic carbocycles. The molecule has 2 unspecified atom stereocenters. The second-order valence-corrected chi connectivity index (χ2v) is 9.75. The van der Waals surface area contributed by atoms with Crippen LogP contribution in [0.1, 0.15) is 35.4 Å². The minimum atomic E-state index is -0.623. The van der Waals surface area contributed by atoms with Gasteiger partial charge < -0.3 is 19.5 Å². The van der Waals surface area contributed by atoms with Gasteiger partial charge in [0.2, 0.25) is 0 Å². The first-order chi connectivity index (χ1) is 16.0. The summed E-state index contributed by atoms with van der Waals surface area (Å²) in [7, 11) is 0. The van der Waals surface area contributed by atoms with E-state index in [-0.39, 0.29) is 17.4 Å². The van der Waals surface area contributed by atoms with Crippen molar-refractivity contribution in [3.8, 4) is 5.75 Å². The summed E-state index contributed by atoms with van der Waals surface area (Å²) in [5.41, 5.74) is 1.71. The molecule has 33 heavy (non-hydrogen) atoms. The maximum atomic E-state index is 13.1. The van der Waals surface area contributed by atoms with Gasteiger partial charge in [0, 0.05) is 43.0 Å². The number of carbonyl (C=O) groups excluding carboxylic acids is 2. The van der Waals surface area contributed by atoms with Gasteiger partial charge in [-0.3, -0.25) is 14.5 Å². The minimum Gasteiger partial charge on any atom is -0.507 e. The number of aliphatic hydroxyl groups excluding tert-OH is 1. The molecule has 174 valence electrons. The summed E-state index contributed by atoms with van der Waals surface area (Å²) in [6.07, 6.45) is 1.59. The molecule has 8 heteroatoms. The second-order valence-electron chi connectivity index (χ2n) is 8.77. The van der Waals surface area contributed by atoms with E-state index in [4.69, 9.17) is 9.47 Å². The molecule has 2 aromatic rings. The average Bonchev–Trinajstić information content (AvgIpc) is 3.53. The Labute approximate surface area is 197 Å². The van der Waals surface area contributed by atoms with E-state index < -0.39 is 17.7 Å². The molecule has 1 amide bonds. The van der Waals surface area contributed by atoms with Gasteiger partial charge in [-0.1, -0.05) is 6.07 Å². The van der Waals surface area contributed by atoms with Crippen LogP contribution < -0.4 is 4.74 Å². The maximum Gasteiger partial charge on any atom is 0.295 e. The third-order valence-electron chi connectivity index (χ3n) is 6.50. The van der Waals surface area contributed by atoms with Crippen LogP contribution in [0.25, 0.3) is 5.76 Å². The number of carbonyl (C=O) groups is 2. The summed E-state index contributed by atoms with van der Waals surface area (Å²) in [5.74, 6) is -0.486. The molecule has 1 aromatic carbocycles. The van der Waals surface area contributed by atoms with Gasteiger partial charge in [-0.15, -0.1) is 11.3 Å². The largest absolute Gasteiger partial charge is 0.507 e. The molecule has 4 heterocycles. The van der Waals surface area contributed by atoms with Gasteiger partial charge in [0.15, 0.2) is 0 Å². The number of Topliss-reactive ketones (excluding diaryl/α,β-unsaturated/α-hetero) is 1. The number of aliphatic hydroxyl groups is 1. The van der Waals surface area contributed by atoms with Gasteiger partial charge in [-0.25, -0.2) is 0 Å². The van der Waals surface area contributed by atoms with E-state index in [0.29, 0.717) is 12.1 Å². The van der Waals surface area contributed by atoms with Crippen molar-refractivity contribution in [1.82, 2.24) is 9.80 Å². The fourth-order valence-electron chi connectivity index (χ4n) is 4.87. The Kier molecular flexibility index (Phi) is 6.23. The van der Waals surface area contributed by atoms with Crippen LogP contribution in [0.4, 0.5) is 0 Å². The van der Waals surface area contributed by atoms with Crippen LogP contribution in [0.3, 0.4) is 0 Å². The van der Waals surface area contributed by atoms with Gasteiger partial charge in [0.25, 0.3) is 11.7 Å². The lowest BCUT2D eigenvalue weighted by Gasteiger charge is -2.28. The summed E-state index contributed by atoms with van der Waals surface area (Å²) in [4.78, 5) is 31.0. The summed E-state index contributed by atoms with van der Waals surface area (Å²) in [5, 5.41) is 13.2. The number of amides is 1. The fraction of sp³-hybridized carbons (Fsp3) is 0.440. The predicted octanol–water partition coefficient (Wildman–Crippen LogP) is 3.22. The highest BCUT2D eigenvalue weighted by molar-refractivity contribution is 7.10. The highest BCUT2D eigenvalue weighted by Crippen LogP contribution is 2.42. The number of rotatable bonds is 6. The fourth-order valence-corrected chi connectivity index (χ4v) is 5.71. The Morgan fingerprint density at radius 2 is 2.00 bits per heavy atom. The van der Waals surface area contributed by atoms with Crippen molar-refractivity contribution in [2.75, 3.05) is 39.4 Å². The quantitative estimate of drug-likeness (QED) is 0.399. The number of benzene rings is 1. The van der Waals surface area contributed by atoms with Crippen molar-refractivity contribution >= 4 is 28.8 Å². The standard InChI is InChI=1S/C25H28N2O5S/c1-16-14-18-15-17(5-6-19(18)32-16)23(28)21-22(20-4-2-13-33-20)27(25(30)24(21)29)8-3-7-26-9-11-31-12-10-26/h2,4-6,13,15-16,22,28H,3,7-12,14H2,1H3/b23-21+. The smallest absolute Gasteiger partial charge is 0.295 e. The molecule has 3 aliphatic heterocycles. The minimum absolute atomic E-state index is 0.0839. The molecule has 2 atom stereocenters. The molecule has 5 rings (SSSR count). The molecule has 0 bridgehead atoms. The van der Waals surface area contributed by atoms with Crippen molar-refractivity contribution in [3.63, 3.8) is 0 Å². The molecular weight excluding hydrogens is 440 g/mol. The number of nitrogens with zero attached hydrogens (tertiary/aromatic N) is 2. The topological polar surface area (TPSA) is 79.3 Å². The zero-order valence-corrected chi connectivity index (χ0v) is 19.5. The van der Waals surface area contributed by atoms with E-state index in [1.54, 1.807) is 11.0 Å². The summed E-state index contributed by atoms with van der Waals surface area (Å²) in [6, 6.07) is 8.70. The number of ether oxygens (including phenoxy) is 2. The summed E-state index contributed by atoms with van der Waals surface area (Å²) < 4.78 is 11.2. The Hall–Kier alpha value is -2.68. The van der Waals surface area contributed by atoms with Gasteiger partial charge >= 0.3 is 0 Å². The normalized spacial score (nSPS) is 24.8. The first-order valence-electron chi connectivity index (χ1n) is 11.4. The van der Waals surface area contributed by atoms with Crippen LogP contribution in [-0.2, 0) is 20.7 Å². The maximum absolute atomic E-state index is 13.1. The Balaban J connectivity index is 1.44. The lowest BCUT2D eigenvalue weighted by atomic mass is 9.98. The van der Waals surface area contributed by atoms with E-state index in [2.05, 4.69) is 4.90 Å². The first-order valence-corrected chi connectivity index (χ1v) is 12.3. The van der Waals surface area contributed by atoms with Crippen LogP contribution in [-0.4, -0.2) is 72.1 Å². The number of morpholine rings is 1. The highest BCUT2D eigenvalue weighted by atomic mass is 32.1. The van der Waals surface area contributed by atoms with Crippen LogP contribution in [0.5, 0.6) is 5.75 Å². The first kappa shape index (κ1) is 22.1. The van der Waals surface area contributed by atoms with Gasteiger partial charge in [-0.2, -0.15) is 0 Å². The molecule has 2 saturated heterocycles. The molecule has 2 fully saturated rings. The molecule has 7 nitrogen and oxygen atoms in total. The number of fused-ring (bicyclic) bond motifs is 1. The monoisotopic (exact) mass is 468 g/mol. The second kappa shape index (κ2) is 9.29. The summed E-state index contributed by atoms with van der Waals surface area (Å²) >= 11 is 1.49. The van der Waals surface area contributed by atoms with Crippen molar-refractivity contribution in [1.29, 1.82) is 0 Å². The zero-order valence-electron chi connectivity index (χ0n) is 18.7. The predicted molar refractivity (Wildman–Crippen MR) is 125 cm³/mol. The number of hydrogen-bond acceptors (Lipinski definition) is 7. The van der Waals surface area contributed by atoms with Crippen molar-refractivity contribution < 1.29 is 24.2 Å². The van der Waals surface area contributed by atoms with E-state index >= 15 is 0 Å². The third-order valence-corrected chi connectivity index (χ3v) is 7.42. The van der Waals surface area contributed by atoms with Gasteiger partial charge in [0.1, 0.15) is 17.6 Å². The van der Waals surface area contributed by atoms with Gasteiger partial charge in [-0.05, 0) is 48.6 Å². The van der Waals surface area contributed by atoms with E-state index in [9.17, 15) is 14.7 Å². The van der Waals surface area contributed by atoms with Crippen molar-refractivity contribution in [3.05, 3.63) is 57.3 Å². The number of ketones is 1. The molecule has 0 saturated carbocycles. The molecule has 0 radical (unpaired) electrons. The summed E-state index contributed by atoms with van der Waals surface area (Å²) in [6.45, 7) is 6.51. The SMILES string of the molecule is CC1Cc2cc(/C(O)=C3\C(=O)C(=O)N(CCCN4CCOCC4)C3c3cccs3)ccc2O1.